The molecule has 1 aromatic carbocycles. The zero-order chi connectivity index (χ0) is 14.9. The van der Waals surface area contributed by atoms with Gasteiger partial charge in [-0.1, -0.05) is 45.9 Å². The van der Waals surface area contributed by atoms with Crippen LogP contribution >= 0.6 is 11.6 Å². The summed E-state index contributed by atoms with van der Waals surface area (Å²) in [4.78, 5) is 14.3. The molecule has 0 bridgehead atoms. The van der Waals surface area contributed by atoms with Crippen molar-refractivity contribution in [2.24, 2.45) is 5.92 Å². The molecule has 0 saturated carbocycles. The molecule has 3 heteroatoms. The minimum absolute atomic E-state index is 0.214. The number of halogens is 1. The van der Waals surface area contributed by atoms with Gasteiger partial charge in [0.05, 0.1) is 5.69 Å². The van der Waals surface area contributed by atoms with Crippen LogP contribution in [-0.2, 0) is 4.79 Å². The van der Waals surface area contributed by atoms with Gasteiger partial charge < -0.3 is 4.90 Å². The third kappa shape index (κ3) is 2.85. The lowest BCUT2D eigenvalue weighted by atomic mass is 9.92. The number of rotatable bonds is 4. The van der Waals surface area contributed by atoms with Gasteiger partial charge in [-0.25, -0.2) is 0 Å². The molecule has 1 aliphatic rings. The van der Waals surface area contributed by atoms with Crippen molar-refractivity contribution in [3.63, 3.8) is 0 Å². The number of hydrogen-bond donors (Lipinski definition) is 0. The summed E-state index contributed by atoms with van der Waals surface area (Å²) in [6.07, 6.45) is 0.577. The quantitative estimate of drug-likeness (QED) is 0.747. The van der Waals surface area contributed by atoms with Crippen LogP contribution in [0.1, 0.15) is 57.1 Å². The first-order valence-electron chi connectivity index (χ1n) is 7.44. The van der Waals surface area contributed by atoms with Crippen molar-refractivity contribution in [3.8, 4) is 0 Å². The Bertz CT molecular complexity index is 470. The standard InChI is InChI=1S/C17H24ClNO/c1-11(2)14-6-5-7-15(12(3)4)17(14)19-10-13(9-18)8-16(19)20/h5-7,11-13H,8-10H2,1-4H3. The highest BCUT2D eigenvalue weighted by atomic mass is 35.5. The van der Waals surface area contributed by atoms with E-state index in [1.165, 1.54) is 11.1 Å². The Kier molecular flexibility index (Phi) is 4.74. The van der Waals surface area contributed by atoms with Crippen molar-refractivity contribution in [2.45, 2.75) is 46.0 Å². The minimum Gasteiger partial charge on any atom is -0.312 e. The Hall–Kier alpha value is -1.02. The summed E-state index contributed by atoms with van der Waals surface area (Å²) >= 11 is 5.95. The van der Waals surface area contributed by atoms with Gasteiger partial charge in [-0.05, 0) is 28.9 Å². The van der Waals surface area contributed by atoms with Gasteiger partial charge in [-0.3, -0.25) is 4.79 Å². The van der Waals surface area contributed by atoms with Gasteiger partial charge in [0.1, 0.15) is 0 Å². The van der Waals surface area contributed by atoms with E-state index in [9.17, 15) is 4.79 Å². The van der Waals surface area contributed by atoms with E-state index in [-0.39, 0.29) is 11.8 Å². The molecule has 2 nitrogen and oxygen atoms in total. The molecule has 0 radical (unpaired) electrons. The third-order valence-corrected chi connectivity index (χ3v) is 4.47. The van der Waals surface area contributed by atoms with Gasteiger partial charge in [0.2, 0.25) is 5.91 Å². The van der Waals surface area contributed by atoms with Crippen LogP contribution in [0.15, 0.2) is 18.2 Å². The highest BCUT2D eigenvalue weighted by molar-refractivity contribution is 6.18. The Morgan fingerprint density at radius 2 is 1.75 bits per heavy atom. The lowest BCUT2D eigenvalue weighted by Crippen LogP contribution is -2.27. The molecular weight excluding hydrogens is 270 g/mol. The maximum Gasteiger partial charge on any atom is 0.227 e. The highest BCUT2D eigenvalue weighted by Gasteiger charge is 2.33. The number of carbonyl (C=O) groups is 1. The van der Waals surface area contributed by atoms with Crippen molar-refractivity contribution in [1.82, 2.24) is 0 Å². The van der Waals surface area contributed by atoms with Gasteiger partial charge in [-0.15, -0.1) is 11.6 Å². The van der Waals surface area contributed by atoms with Gasteiger partial charge >= 0.3 is 0 Å². The number of nitrogens with zero attached hydrogens (tertiary/aromatic N) is 1. The van der Waals surface area contributed by atoms with Crippen LogP contribution in [0.5, 0.6) is 0 Å². The van der Waals surface area contributed by atoms with Crippen LogP contribution in [0, 0.1) is 5.92 Å². The first-order chi connectivity index (χ1) is 9.45. The zero-order valence-electron chi connectivity index (χ0n) is 12.8. The zero-order valence-corrected chi connectivity index (χ0v) is 13.6. The second kappa shape index (κ2) is 6.17. The molecule has 1 aromatic rings. The molecule has 1 saturated heterocycles. The number of para-hydroxylation sites is 1. The first-order valence-corrected chi connectivity index (χ1v) is 7.98. The number of amides is 1. The van der Waals surface area contributed by atoms with E-state index in [0.717, 1.165) is 12.2 Å². The van der Waals surface area contributed by atoms with E-state index < -0.39 is 0 Å². The first kappa shape index (κ1) is 15.4. The predicted octanol–water partition coefficient (Wildman–Crippen LogP) is 4.53. The second-order valence-corrected chi connectivity index (χ2v) is 6.63. The topological polar surface area (TPSA) is 20.3 Å². The smallest absolute Gasteiger partial charge is 0.227 e. The Labute approximate surface area is 127 Å². The van der Waals surface area contributed by atoms with E-state index in [2.05, 4.69) is 45.9 Å². The van der Waals surface area contributed by atoms with Crippen LogP contribution in [0.4, 0.5) is 5.69 Å². The van der Waals surface area contributed by atoms with E-state index in [0.29, 0.717) is 24.1 Å². The van der Waals surface area contributed by atoms with Crippen LogP contribution in [0.3, 0.4) is 0 Å². The van der Waals surface area contributed by atoms with E-state index >= 15 is 0 Å². The number of anilines is 1. The van der Waals surface area contributed by atoms with Crippen molar-refractivity contribution in [2.75, 3.05) is 17.3 Å². The number of alkyl halides is 1. The Balaban J connectivity index is 2.51. The summed E-state index contributed by atoms with van der Waals surface area (Å²) in [6, 6.07) is 6.40. The average molecular weight is 294 g/mol. The monoisotopic (exact) mass is 293 g/mol. The van der Waals surface area contributed by atoms with Crippen molar-refractivity contribution >= 4 is 23.2 Å². The lowest BCUT2D eigenvalue weighted by molar-refractivity contribution is -0.117. The van der Waals surface area contributed by atoms with Crippen molar-refractivity contribution in [3.05, 3.63) is 29.3 Å². The van der Waals surface area contributed by atoms with Gasteiger partial charge in [0.15, 0.2) is 0 Å². The Morgan fingerprint density at radius 1 is 1.20 bits per heavy atom. The molecule has 0 aromatic heterocycles. The van der Waals surface area contributed by atoms with E-state index in [1.807, 2.05) is 4.90 Å². The third-order valence-electron chi connectivity index (χ3n) is 4.04. The molecule has 0 aliphatic carbocycles. The molecular formula is C17H24ClNO. The van der Waals surface area contributed by atoms with Crippen LogP contribution in [-0.4, -0.2) is 18.3 Å². The second-order valence-electron chi connectivity index (χ2n) is 6.32. The molecule has 1 amide bonds. The molecule has 110 valence electrons. The summed E-state index contributed by atoms with van der Waals surface area (Å²) in [5.74, 6) is 1.87. The fourth-order valence-corrected chi connectivity index (χ4v) is 3.13. The van der Waals surface area contributed by atoms with Crippen LogP contribution < -0.4 is 4.90 Å². The molecule has 2 rings (SSSR count). The van der Waals surface area contributed by atoms with Gasteiger partial charge in [-0.2, -0.15) is 0 Å². The largest absolute Gasteiger partial charge is 0.312 e. The van der Waals surface area contributed by atoms with Crippen LogP contribution in [0.25, 0.3) is 0 Å². The molecule has 1 fully saturated rings. The highest BCUT2D eigenvalue weighted by Crippen LogP contribution is 2.38. The Morgan fingerprint density at radius 3 is 2.15 bits per heavy atom. The SMILES string of the molecule is CC(C)c1cccc(C(C)C)c1N1CC(CCl)CC1=O. The fraction of sp³-hybridized carbons (Fsp3) is 0.588. The van der Waals surface area contributed by atoms with E-state index in [4.69, 9.17) is 11.6 Å². The molecule has 1 unspecified atom stereocenters. The molecule has 0 N–H and O–H groups in total. The predicted molar refractivity (Wildman–Crippen MR) is 85.8 cm³/mol. The lowest BCUT2D eigenvalue weighted by Gasteiger charge is -2.27. The summed E-state index contributed by atoms with van der Waals surface area (Å²) in [7, 11) is 0. The minimum atomic E-state index is 0.214. The normalized spacial score (nSPS) is 19.4. The van der Waals surface area contributed by atoms with Crippen molar-refractivity contribution < 1.29 is 4.79 Å². The average Bonchev–Trinajstić information content (AvgIpc) is 2.78. The van der Waals surface area contributed by atoms with Gasteiger partial charge in [0, 0.05) is 18.8 Å². The summed E-state index contributed by atoms with van der Waals surface area (Å²) < 4.78 is 0. The maximum absolute atomic E-state index is 12.4. The fourth-order valence-electron chi connectivity index (χ4n) is 2.92. The molecule has 1 aliphatic heterocycles. The summed E-state index contributed by atoms with van der Waals surface area (Å²) in [5, 5.41) is 0. The molecule has 0 spiro atoms. The number of carbonyl (C=O) groups excluding carboxylic acids is 1. The molecule has 20 heavy (non-hydrogen) atoms. The molecule has 1 atom stereocenters. The summed E-state index contributed by atoms with van der Waals surface area (Å²) in [6.45, 7) is 9.49. The number of benzene rings is 1. The maximum atomic E-state index is 12.4. The molecule has 1 heterocycles. The van der Waals surface area contributed by atoms with E-state index in [1.54, 1.807) is 0 Å². The van der Waals surface area contributed by atoms with Gasteiger partial charge in [0.25, 0.3) is 0 Å². The number of hydrogen-bond acceptors (Lipinski definition) is 1. The van der Waals surface area contributed by atoms with Crippen molar-refractivity contribution in [1.29, 1.82) is 0 Å². The summed E-state index contributed by atoms with van der Waals surface area (Å²) in [5.41, 5.74) is 3.66. The van der Waals surface area contributed by atoms with Crippen LogP contribution in [0.2, 0.25) is 0 Å².